The number of aromatic nitrogens is 1. The van der Waals surface area contributed by atoms with Gasteiger partial charge in [-0.1, -0.05) is 18.2 Å². The van der Waals surface area contributed by atoms with Crippen LogP contribution in [0, 0.1) is 18.7 Å². The molecular weight excluding hydrogens is 383 g/mol. The van der Waals surface area contributed by atoms with E-state index >= 15 is 4.39 Å². The number of likely N-dealkylation sites (tertiary alicyclic amines) is 1. The van der Waals surface area contributed by atoms with Gasteiger partial charge in [0.25, 0.3) is 5.91 Å². The van der Waals surface area contributed by atoms with Crippen LogP contribution in [-0.4, -0.2) is 47.4 Å². The largest absolute Gasteiger partial charge is 0.366 e. The fourth-order valence-electron chi connectivity index (χ4n) is 4.65. The van der Waals surface area contributed by atoms with Crippen LogP contribution in [0.3, 0.4) is 0 Å². The molecule has 2 aromatic rings. The molecule has 3 heterocycles. The highest BCUT2D eigenvalue weighted by molar-refractivity contribution is 6.38. The molecule has 2 fully saturated rings. The van der Waals surface area contributed by atoms with E-state index in [9.17, 15) is 9.59 Å². The zero-order valence-corrected chi connectivity index (χ0v) is 16.4. The fourth-order valence-corrected chi connectivity index (χ4v) is 4.88. The van der Waals surface area contributed by atoms with Crippen molar-refractivity contribution in [3.05, 3.63) is 40.8 Å². The minimum Gasteiger partial charge on any atom is -0.366 e. The van der Waals surface area contributed by atoms with Crippen LogP contribution in [0.1, 0.15) is 28.9 Å². The molecule has 2 saturated heterocycles. The van der Waals surface area contributed by atoms with Crippen molar-refractivity contribution in [3.8, 4) is 0 Å². The molecule has 2 aliphatic rings. The number of benzene rings is 1. The second-order valence-corrected chi connectivity index (χ2v) is 7.90. The summed E-state index contributed by atoms with van der Waals surface area (Å²) in [7, 11) is 0. The van der Waals surface area contributed by atoms with Gasteiger partial charge in [0.15, 0.2) is 0 Å². The number of H-pyrrole nitrogens is 1. The molecule has 2 amide bonds. The smallest absolute Gasteiger partial charge is 0.250 e. The standard InChI is InChI=1S/C20H22ClFN4O2/c1-3-15(27)26-7-5-11-4-6-25(9-14(11)26)19-13(22)8-12(20(23)28)18-16(19)17(21)10(2)24-18/h3,8,11,14,24H,1,4-7,9H2,2H3,(H2,23,28). The number of carbonyl (C=O) groups excluding carboxylic acids is 2. The van der Waals surface area contributed by atoms with Crippen molar-refractivity contribution in [1.82, 2.24) is 9.88 Å². The van der Waals surface area contributed by atoms with Gasteiger partial charge in [0.2, 0.25) is 5.91 Å². The van der Waals surface area contributed by atoms with E-state index in [-0.39, 0.29) is 17.5 Å². The number of piperidine rings is 1. The van der Waals surface area contributed by atoms with Gasteiger partial charge in [0, 0.05) is 30.7 Å². The lowest BCUT2D eigenvalue weighted by Gasteiger charge is -2.39. The lowest BCUT2D eigenvalue weighted by molar-refractivity contribution is -0.127. The first kappa shape index (κ1) is 18.8. The van der Waals surface area contributed by atoms with Crippen LogP contribution in [0.2, 0.25) is 5.02 Å². The minimum absolute atomic E-state index is 0.00308. The highest BCUT2D eigenvalue weighted by Gasteiger charge is 2.41. The van der Waals surface area contributed by atoms with E-state index in [1.54, 1.807) is 6.92 Å². The predicted molar refractivity (Wildman–Crippen MR) is 107 cm³/mol. The monoisotopic (exact) mass is 404 g/mol. The van der Waals surface area contributed by atoms with Gasteiger partial charge in [-0.25, -0.2) is 4.39 Å². The number of aromatic amines is 1. The molecule has 6 nitrogen and oxygen atoms in total. The number of hydrogen-bond acceptors (Lipinski definition) is 3. The quantitative estimate of drug-likeness (QED) is 0.771. The predicted octanol–water partition coefficient (Wildman–Crippen LogP) is 2.98. The number of carbonyl (C=O) groups is 2. The molecule has 28 heavy (non-hydrogen) atoms. The topological polar surface area (TPSA) is 82.4 Å². The maximum atomic E-state index is 15.2. The summed E-state index contributed by atoms with van der Waals surface area (Å²) in [6, 6.07) is 1.17. The van der Waals surface area contributed by atoms with Crippen molar-refractivity contribution in [3.63, 3.8) is 0 Å². The third-order valence-corrected chi connectivity index (χ3v) is 6.49. The number of rotatable bonds is 3. The summed E-state index contributed by atoms with van der Waals surface area (Å²) >= 11 is 6.47. The fraction of sp³-hybridized carbons (Fsp3) is 0.400. The number of fused-ring (bicyclic) bond motifs is 2. The molecule has 8 heteroatoms. The maximum Gasteiger partial charge on any atom is 0.250 e. The normalized spacial score (nSPS) is 21.8. The van der Waals surface area contributed by atoms with Crippen molar-refractivity contribution in [2.75, 3.05) is 24.5 Å². The molecule has 0 bridgehead atoms. The van der Waals surface area contributed by atoms with E-state index in [0.29, 0.717) is 52.9 Å². The molecule has 0 spiro atoms. The Morgan fingerprint density at radius 3 is 2.79 bits per heavy atom. The molecule has 148 valence electrons. The van der Waals surface area contributed by atoms with Crippen molar-refractivity contribution >= 4 is 40.0 Å². The van der Waals surface area contributed by atoms with Crippen molar-refractivity contribution in [2.24, 2.45) is 11.7 Å². The molecule has 0 aliphatic carbocycles. The first-order valence-corrected chi connectivity index (χ1v) is 9.69. The Labute approximate surface area is 167 Å². The summed E-state index contributed by atoms with van der Waals surface area (Å²) in [5.74, 6) is -0.961. The SMILES string of the molecule is C=CC(=O)N1CCC2CCN(c3c(F)cc(C(N)=O)c4[nH]c(C)c(Cl)c34)CC21. The number of primary amides is 1. The van der Waals surface area contributed by atoms with Gasteiger partial charge < -0.3 is 20.5 Å². The summed E-state index contributed by atoms with van der Waals surface area (Å²) in [6.45, 7) is 7.20. The zero-order chi connectivity index (χ0) is 20.2. The Balaban J connectivity index is 1.80. The summed E-state index contributed by atoms with van der Waals surface area (Å²) in [6.07, 6.45) is 3.12. The van der Waals surface area contributed by atoms with Crippen LogP contribution in [0.15, 0.2) is 18.7 Å². The van der Waals surface area contributed by atoms with E-state index in [4.69, 9.17) is 17.3 Å². The van der Waals surface area contributed by atoms with Crippen LogP contribution in [0.25, 0.3) is 10.9 Å². The van der Waals surface area contributed by atoms with E-state index in [2.05, 4.69) is 11.6 Å². The average Bonchev–Trinajstić information content (AvgIpc) is 3.22. The first-order valence-electron chi connectivity index (χ1n) is 9.31. The summed E-state index contributed by atoms with van der Waals surface area (Å²) in [5.41, 5.74) is 6.95. The Hall–Kier alpha value is -2.54. The van der Waals surface area contributed by atoms with Crippen LogP contribution >= 0.6 is 11.6 Å². The van der Waals surface area contributed by atoms with Gasteiger partial charge in [0.1, 0.15) is 5.82 Å². The Bertz CT molecular complexity index is 1000. The van der Waals surface area contributed by atoms with E-state index in [1.807, 2.05) is 9.80 Å². The Morgan fingerprint density at radius 2 is 2.11 bits per heavy atom. The van der Waals surface area contributed by atoms with Gasteiger partial charge in [-0.2, -0.15) is 0 Å². The summed E-state index contributed by atoms with van der Waals surface area (Å²) in [5, 5.41) is 0.839. The number of halogens is 2. The second kappa shape index (κ2) is 6.81. The number of hydrogen-bond donors (Lipinski definition) is 2. The van der Waals surface area contributed by atoms with Crippen molar-refractivity contribution in [1.29, 1.82) is 0 Å². The number of amides is 2. The third-order valence-electron chi connectivity index (χ3n) is 6.02. The van der Waals surface area contributed by atoms with Crippen LogP contribution < -0.4 is 10.6 Å². The molecule has 2 aliphatic heterocycles. The molecule has 1 aromatic heterocycles. The Morgan fingerprint density at radius 1 is 1.39 bits per heavy atom. The van der Waals surface area contributed by atoms with E-state index < -0.39 is 11.7 Å². The number of nitrogens with one attached hydrogen (secondary N) is 1. The molecule has 4 rings (SSSR count). The number of anilines is 1. The second-order valence-electron chi connectivity index (χ2n) is 7.52. The summed E-state index contributed by atoms with van der Waals surface area (Å²) in [4.78, 5) is 30.8. The molecule has 3 N–H and O–H groups in total. The van der Waals surface area contributed by atoms with Gasteiger partial charge in [-0.15, -0.1) is 0 Å². The van der Waals surface area contributed by atoms with Gasteiger partial charge in [-0.05, 0) is 37.8 Å². The van der Waals surface area contributed by atoms with E-state index in [1.165, 1.54) is 12.1 Å². The van der Waals surface area contributed by atoms with Crippen molar-refractivity contribution < 1.29 is 14.0 Å². The minimum atomic E-state index is -0.717. The molecule has 2 atom stereocenters. The molecule has 1 aromatic carbocycles. The number of nitrogens with two attached hydrogens (primary N) is 1. The zero-order valence-electron chi connectivity index (χ0n) is 15.6. The highest BCUT2D eigenvalue weighted by atomic mass is 35.5. The van der Waals surface area contributed by atoms with Crippen molar-refractivity contribution in [2.45, 2.75) is 25.8 Å². The van der Waals surface area contributed by atoms with Gasteiger partial charge in [-0.3, -0.25) is 9.59 Å². The molecule has 2 unspecified atom stereocenters. The van der Waals surface area contributed by atoms with Crippen LogP contribution in [0.4, 0.5) is 10.1 Å². The Kier molecular flexibility index (Phi) is 4.57. The third kappa shape index (κ3) is 2.76. The molecule has 0 saturated carbocycles. The lowest BCUT2D eigenvalue weighted by atomic mass is 9.91. The molecular formula is C20H22ClFN4O2. The van der Waals surface area contributed by atoms with E-state index in [0.717, 1.165) is 12.8 Å². The van der Waals surface area contributed by atoms with Crippen LogP contribution in [-0.2, 0) is 4.79 Å². The summed E-state index contributed by atoms with van der Waals surface area (Å²) < 4.78 is 15.2. The number of aryl methyl sites for hydroxylation is 1. The van der Waals surface area contributed by atoms with Gasteiger partial charge in [0.05, 0.1) is 27.8 Å². The van der Waals surface area contributed by atoms with Gasteiger partial charge >= 0.3 is 0 Å². The first-order chi connectivity index (χ1) is 13.3. The number of nitrogens with zero attached hydrogens (tertiary/aromatic N) is 2. The maximum absolute atomic E-state index is 15.2. The molecule has 0 radical (unpaired) electrons. The highest BCUT2D eigenvalue weighted by Crippen LogP contribution is 2.42. The van der Waals surface area contributed by atoms with Crippen LogP contribution in [0.5, 0.6) is 0 Å². The lowest BCUT2D eigenvalue weighted by Crippen LogP contribution is -2.50. The average molecular weight is 405 g/mol.